The summed E-state index contributed by atoms with van der Waals surface area (Å²) in [7, 11) is 2.20. The fraction of sp³-hybridized carbons (Fsp3) is 0.455. The molecule has 0 amide bonds. The molecule has 2 aromatic carbocycles. The monoisotopic (exact) mass is 325 g/mol. The van der Waals surface area contributed by atoms with E-state index in [9.17, 15) is 0 Å². The minimum absolute atomic E-state index is 0.807. The van der Waals surface area contributed by atoms with Crippen molar-refractivity contribution in [1.29, 1.82) is 0 Å². The Labute approximate surface area is 147 Å². The highest BCUT2D eigenvalue weighted by Gasteiger charge is 2.00. The molecular weight excluding hydrogens is 294 g/mol. The van der Waals surface area contributed by atoms with Gasteiger partial charge in [-0.15, -0.1) is 0 Å². The summed E-state index contributed by atoms with van der Waals surface area (Å²) >= 11 is 0. The smallest absolute Gasteiger partial charge is 0.119 e. The number of unbranched alkanes of at least 4 members (excludes halogenated alkanes) is 2. The van der Waals surface area contributed by atoms with Crippen molar-refractivity contribution in [3.63, 3.8) is 0 Å². The highest BCUT2D eigenvalue weighted by Crippen LogP contribution is 2.23. The van der Waals surface area contributed by atoms with Crippen LogP contribution in [0.1, 0.15) is 38.2 Å². The third kappa shape index (κ3) is 6.37. The molecule has 0 saturated heterocycles. The van der Waals surface area contributed by atoms with E-state index in [0.29, 0.717) is 0 Å². The Morgan fingerprint density at radius 1 is 0.875 bits per heavy atom. The molecule has 0 aromatic heterocycles. The van der Waals surface area contributed by atoms with Crippen LogP contribution in [0.25, 0.3) is 11.1 Å². The number of nitrogens with zero attached hydrogens (tertiary/aromatic N) is 1. The molecule has 24 heavy (non-hydrogen) atoms. The number of benzene rings is 2. The van der Waals surface area contributed by atoms with Gasteiger partial charge < -0.3 is 9.64 Å². The van der Waals surface area contributed by atoms with Crippen molar-refractivity contribution in [2.24, 2.45) is 0 Å². The van der Waals surface area contributed by atoms with Gasteiger partial charge in [-0.05, 0) is 76.0 Å². The largest absolute Gasteiger partial charge is 0.494 e. The molecular formula is C22H31NO. The highest BCUT2D eigenvalue weighted by molar-refractivity contribution is 5.64. The summed E-state index contributed by atoms with van der Waals surface area (Å²) < 4.78 is 5.86. The lowest BCUT2D eigenvalue weighted by Crippen LogP contribution is -2.20. The Balaban J connectivity index is 1.69. The van der Waals surface area contributed by atoms with Crippen LogP contribution < -0.4 is 4.74 Å². The summed E-state index contributed by atoms with van der Waals surface area (Å²) in [6.45, 7) is 7.56. The van der Waals surface area contributed by atoms with E-state index in [1.165, 1.54) is 49.0 Å². The third-order valence-corrected chi connectivity index (χ3v) is 4.26. The van der Waals surface area contributed by atoms with Crippen molar-refractivity contribution in [3.8, 4) is 16.9 Å². The Kier molecular flexibility index (Phi) is 7.84. The van der Waals surface area contributed by atoms with E-state index in [0.717, 1.165) is 18.8 Å². The summed E-state index contributed by atoms with van der Waals surface area (Å²) in [5.74, 6) is 0.967. The van der Waals surface area contributed by atoms with E-state index in [1.807, 2.05) is 0 Å². The lowest BCUT2D eigenvalue weighted by Gasteiger charge is -2.14. The first-order valence-electron chi connectivity index (χ1n) is 9.17. The molecule has 2 aromatic rings. The standard InChI is InChI=1S/C22H31NO/c1-4-15-23(3)16-6-5-7-17-24-22-13-11-20(12-14-22)21-10-8-9-19(2)18-21/h8-14,18H,4-7,15-17H2,1-3H3. The lowest BCUT2D eigenvalue weighted by molar-refractivity contribution is 0.289. The molecule has 0 radical (unpaired) electrons. The molecule has 0 aliphatic heterocycles. The van der Waals surface area contributed by atoms with Crippen LogP contribution in [0.5, 0.6) is 5.75 Å². The molecule has 2 nitrogen and oxygen atoms in total. The molecule has 0 bridgehead atoms. The van der Waals surface area contributed by atoms with Gasteiger partial charge in [0.15, 0.2) is 0 Å². The number of ether oxygens (including phenoxy) is 1. The van der Waals surface area contributed by atoms with Crippen molar-refractivity contribution in [1.82, 2.24) is 4.90 Å². The fourth-order valence-corrected chi connectivity index (χ4v) is 2.91. The summed E-state index contributed by atoms with van der Waals surface area (Å²) in [5, 5.41) is 0. The van der Waals surface area contributed by atoms with Crippen molar-refractivity contribution < 1.29 is 4.74 Å². The topological polar surface area (TPSA) is 12.5 Å². The average molecular weight is 325 g/mol. The Morgan fingerprint density at radius 2 is 1.67 bits per heavy atom. The summed E-state index contributed by atoms with van der Waals surface area (Å²) in [6, 6.07) is 17.0. The van der Waals surface area contributed by atoms with Gasteiger partial charge in [-0.25, -0.2) is 0 Å². The third-order valence-electron chi connectivity index (χ3n) is 4.26. The molecule has 0 aliphatic carbocycles. The molecule has 0 spiro atoms. The molecule has 0 heterocycles. The number of hydrogen-bond donors (Lipinski definition) is 0. The SMILES string of the molecule is CCCN(C)CCCCCOc1ccc(-c2cccc(C)c2)cc1. The van der Waals surface area contributed by atoms with Gasteiger partial charge in [0.25, 0.3) is 0 Å². The summed E-state index contributed by atoms with van der Waals surface area (Å²) in [6.07, 6.45) is 4.85. The maximum absolute atomic E-state index is 5.86. The normalized spacial score (nSPS) is 11.0. The molecule has 0 atom stereocenters. The maximum atomic E-state index is 5.86. The van der Waals surface area contributed by atoms with Crippen LogP contribution in [0.2, 0.25) is 0 Å². The van der Waals surface area contributed by atoms with E-state index >= 15 is 0 Å². The molecule has 0 unspecified atom stereocenters. The number of rotatable bonds is 10. The van der Waals surface area contributed by atoms with Crippen molar-refractivity contribution in [2.75, 3.05) is 26.7 Å². The Hall–Kier alpha value is -1.80. The average Bonchev–Trinajstić information content (AvgIpc) is 2.59. The maximum Gasteiger partial charge on any atom is 0.119 e. The van der Waals surface area contributed by atoms with Gasteiger partial charge in [-0.3, -0.25) is 0 Å². The van der Waals surface area contributed by atoms with Crippen LogP contribution in [0.15, 0.2) is 48.5 Å². The van der Waals surface area contributed by atoms with Gasteiger partial charge in [0.2, 0.25) is 0 Å². The molecule has 0 fully saturated rings. The van der Waals surface area contributed by atoms with Crippen LogP contribution in [-0.4, -0.2) is 31.6 Å². The minimum Gasteiger partial charge on any atom is -0.494 e. The first-order valence-corrected chi connectivity index (χ1v) is 9.17. The van der Waals surface area contributed by atoms with Gasteiger partial charge in [0.05, 0.1) is 6.61 Å². The van der Waals surface area contributed by atoms with Crippen LogP contribution in [0.3, 0.4) is 0 Å². The van der Waals surface area contributed by atoms with Crippen LogP contribution >= 0.6 is 0 Å². The number of aryl methyl sites for hydroxylation is 1. The predicted molar refractivity (Wildman–Crippen MR) is 104 cm³/mol. The summed E-state index contributed by atoms with van der Waals surface area (Å²) in [5.41, 5.74) is 3.79. The van der Waals surface area contributed by atoms with E-state index in [2.05, 4.69) is 74.3 Å². The highest BCUT2D eigenvalue weighted by atomic mass is 16.5. The zero-order chi connectivity index (χ0) is 17.2. The second kappa shape index (κ2) is 10.1. The predicted octanol–water partition coefficient (Wildman–Crippen LogP) is 5.55. The van der Waals surface area contributed by atoms with Crippen LogP contribution in [0, 0.1) is 6.92 Å². The first kappa shape index (κ1) is 18.5. The molecule has 2 rings (SSSR count). The molecule has 0 aliphatic rings. The van der Waals surface area contributed by atoms with E-state index in [1.54, 1.807) is 0 Å². The summed E-state index contributed by atoms with van der Waals surface area (Å²) in [4.78, 5) is 2.41. The van der Waals surface area contributed by atoms with Gasteiger partial charge in [-0.1, -0.05) is 48.9 Å². The number of hydrogen-bond acceptors (Lipinski definition) is 2. The first-order chi connectivity index (χ1) is 11.7. The zero-order valence-electron chi connectivity index (χ0n) is 15.4. The molecule has 0 saturated carbocycles. The second-order valence-electron chi connectivity index (χ2n) is 6.61. The minimum atomic E-state index is 0.807. The second-order valence-corrected chi connectivity index (χ2v) is 6.61. The van der Waals surface area contributed by atoms with E-state index in [-0.39, 0.29) is 0 Å². The Morgan fingerprint density at radius 3 is 2.38 bits per heavy atom. The van der Waals surface area contributed by atoms with Gasteiger partial charge in [0, 0.05) is 0 Å². The van der Waals surface area contributed by atoms with Crippen LogP contribution in [0.4, 0.5) is 0 Å². The van der Waals surface area contributed by atoms with E-state index < -0.39 is 0 Å². The Bertz CT molecular complexity index is 591. The quantitative estimate of drug-likeness (QED) is 0.531. The lowest BCUT2D eigenvalue weighted by atomic mass is 10.0. The van der Waals surface area contributed by atoms with Gasteiger partial charge >= 0.3 is 0 Å². The van der Waals surface area contributed by atoms with Gasteiger partial charge in [0.1, 0.15) is 5.75 Å². The van der Waals surface area contributed by atoms with Crippen LogP contribution in [-0.2, 0) is 0 Å². The van der Waals surface area contributed by atoms with Crippen molar-refractivity contribution in [3.05, 3.63) is 54.1 Å². The van der Waals surface area contributed by atoms with Crippen molar-refractivity contribution in [2.45, 2.75) is 39.5 Å². The fourth-order valence-electron chi connectivity index (χ4n) is 2.91. The molecule has 2 heteroatoms. The van der Waals surface area contributed by atoms with Crippen molar-refractivity contribution >= 4 is 0 Å². The van der Waals surface area contributed by atoms with Gasteiger partial charge in [-0.2, -0.15) is 0 Å². The molecule has 130 valence electrons. The van der Waals surface area contributed by atoms with E-state index in [4.69, 9.17) is 4.74 Å². The zero-order valence-corrected chi connectivity index (χ0v) is 15.4. The molecule has 0 N–H and O–H groups in total.